The van der Waals surface area contributed by atoms with E-state index >= 15 is 0 Å². The molecule has 0 saturated carbocycles. The van der Waals surface area contributed by atoms with Gasteiger partial charge >= 0.3 is 0 Å². The summed E-state index contributed by atoms with van der Waals surface area (Å²) in [6.07, 6.45) is 3.53. The number of nitrogens with zero attached hydrogens (tertiary/aromatic N) is 2. The molecule has 2 nitrogen and oxygen atoms in total. The van der Waals surface area contributed by atoms with Crippen LogP contribution in [0.15, 0.2) is 120 Å². The molecule has 0 unspecified atom stereocenters. The van der Waals surface area contributed by atoms with Gasteiger partial charge in [-0.3, -0.25) is 0 Å². The van der Waals surface area contributed by atoms with Crippen LogP contribution in [0.4, 0.5) is 0 Å². The highest BCUT2D eigenvalue weighted by atomic mass is 32.1. The average Bonchev–Trinajstić information content (AvgIpc) is 3.66. The minimum Gasteiger partial charge on any atom is -0.248 e. The lowest BCUT2D eigenvalue weighted by atomic mass is 9.98. The van der Waals surface area contributed by atoms with Gasteiger partial charge in [0.1, 0.15) is 11.4 Å². The second kappa shape index (κ2) is 11.1. The van der Waals surface area contributed by atoms with Gasteiger partial charge in [0.2, 0.25) is 0 Å². The van der Waals surface area contributed by atoms with Gasteiger partial charge in [-0.2, -0.15) is 0 Å². The zero-order valence-corrected chi connectivity index (χ0v) is 21.9. The van der Waals surface area contributed by atoms with Crippen molar-refractivity contribution in [2.75, 3.05) is 0 Å². The maximum absolute atomic E-state index is 4.30. The Bertz CT molecular complexity index is 1650. The molecule has 0 saturated heterocycles. The summed E-state index contributed by atoms with van der Waals surface area (Å²) in [4.78, 5) is 10.7. The molecule has 178 valence electrons. The molecule has 4 heteroatoms. The lowest BCUT2D eigenvalue weighted by Crippen LogP contribution is -1.83. The van der Waals surface area contributed by atoms with Crippen molar-refractivity contribution in [2.45, 2.75) is 0 Å². The third kappa shape index (κ3) is 5.33. The molecule has 6 rings (SSSR count). The van der Waals surface area contributed by atoms with E-state index < -0.39 is 0 Å². The van der Waals surface area contributed by atoms with Crippen molar-refractivity contribution in [1.29, 1.82) is 0 Å². The highest BCUT2D eigenvalue weighted by molar-refractivity contribution is 7.11. The van der Waals surface area contributed by atoms with E-state index in [1.807, 2.05) is 36.4 Å². The number of hydrogen-bond acceptors (Lipinski definition) is 4. The molecule has 0 bridgehead atoms. The normalized spacial score (nSPS) is 10.2. The molecule has 2 aromatic carbocycles. The molecule has 0 aliphatic rings. The first-order chi connectivity index (χ1) is 18.8. The molecule has 0 fully saturated rings. The molecule has 4 heterocycles. The van der Waals surface area contributed by atoms with Gasteiger partial charge in [-0.25, -0.2) is 9.97 Å². The van der Waals surface area contributed by atoms with Gasteiger partial charge in [0.05, 0.1) is 9.75 Å². The molecule has 0 N–H and O–H groups in total. The minimum atomic E-state index is 0.778. The van der Waals surface area contributed by atoms with Gasteiger partial charge in [-0.15, -0.1) is 22.7 Å². The van der Waals surface area contributed by atoms with Crippen LogP contribution in [0.1, 0.15) is 21.1 Å². The predicted octanol–water partition coefficient (Wildman–Crippen LogP) is 8.40. The molecule has 0 radical (unpaired) electrons. The Hall–Kier alpha value is -4.74. The minimum absolute atomic E-state index is 0.778. The van der Waals surface area contributed by atoms with Gasteiger partial charge in [-0.1, -0.05) is 60.7 Å². The van der Waals surface area contributed by atoms with E-state index in [0.717, 1.165) is 43.4 Å². The van der Waals surface area contributed by atoms with Gasteiger partial charge in [0.15, 0.2) is 0 Å². The summed E-state index contributed by atoms with van der Waals surface area (Å²) in [5, 5.41) is 4.17. The number of aromatic nitrogens is 2. The van der Waals surface area contributed by atoms with Gasteiger partial charge in [0, 0.05) is 23.5 Å². The van der Waals surface area contributed by atoms with Gasteiger partial charge in [0.25, 0.3) is 0 Å². The first-order valence-electron chi connectivity index (χ1n) is 12.1. The molecular formula is C34H20N2S2. The fourth-order valence-corrected chi connectivity index (χ4v) is 5.59. The molecule has 38 heavy (non-hydrogen) atoms. The Morgan fingerprint density at radius 2 is 0.842 bits per heavy atom. The Labute approximate surface area is 230 Å². The summed E-state index contributed by atoms with van der Waals surface area (Å²) in [6.45, 7) is 0. The van der Waals surface area contributed by atoms with Crippen LogP contribution in [0, 0.1) is 23.7 Å². The number of pyridine rings is 2. The Morgan fingerprint density at radius 3 is 1.24 bits per heavy atom. The molecule has 0 aliphatic heterocycles. The molecular weight excluding hydrogens is 501 g/mol. The van der Waals surface area contributed by atoms with E-state index in [2.05, 4.69) is 105 Å². The van der Waals surface area contributed by atoms with E-state index in [4.69, 9.17) is 0 Å². The van der Waals surface area contributed by atoms with Gasteiger partial charge < -0.3 is 0 Å². The second-order valence-corrected chi connectivity index (χ2v) is 10.2. The maximum atomic E-state index is 4.30. The summed E-state index contributed by atoms with van der Waals surface area (Å²) >= 11 is 3.31. The van der Waals surface area contributed by atoms with Crippen molar-refractivity contribution in [3.05, 3.63) is 141 Å². The van der Waals surface area contributed by atoms with E-state index in [1.165, 1.54) is 11.1 Å². The van der Waals surface area contributed by atoms with Gasteiger partial charge in [-0.05, 0) is 93.1 Å². The molecule has 6 aromatic rings. The number of thiophene rings is 2. The average molecular weight is 521 g/mol. The molecule has 0 spiro atoms. The Morgan fingerprint density at radius 1 is 0.421 bits per heavy atom. The lowest BCUT2D eigenvalue weighted by molar-refractivity contribution is 1.29. The Balaban J connectivity index is 1.21. The molecule has 4 aromatic heterocycles. The molecule has 0 aliphatic carbocycles. The Kier molecular flexibility index (Phi) is 6.92. The van der Waals surface area contributed by atoms with Crippen LogP contribution in [-0.2, 0) is 0 Å². The first-order valence-corrected chi connectivity index (χ1v) is 13.8. The third-order valence-corrected chi connectivity index (χ3v) is 7.65. The summed E-state index contributed by atoms with van der Waals surface area (Å²) < 4.78 is 0. The smallest absolute Gasteiger partial charge is 0.113 e. The molecule has 0 amide bonds. The van der Waals surface area contributed by atoms with Crippen molar-refractivity contribution >= 4 is 22.7 Å². The number of rotatable bonds is 3. The summed E-state index contributed by atoms with van der Waals surface area (Å²) in [5.74, 6) is 12.9. The maximum Gasteiger partial charge on any atom is 0.113 e. The van der Waals surface area contributed by atoms with Crippen molar-refractivity contribution in [2.24, 2.45) is 0 Å². The fraction of sp³-hybridized carbons (Fsp3) is 0. The zero-order chi connectivity index (χ0) is 25.6. The van der Waals surface area contributed by atoms with E-state index in [0.29, 0.717) is 0 Å². The predicted molar refractivity (Wildman–Crippen MR) is 159 cm³/mol. The summed E-state index contributed by atoms with van der Waals surface area (Å²) in [6, 6.07) is 33.2. The van der Waals surface area contributed by atoms with E-state index in [9.17, 15) is 0 Å². The summed E-state index contributed by atoms with van der Waals surface area (Å²) in [5.41, 5.74) is 8.53. The van der Waals surface area contributed by atoms with Crippen LogP contribution in [0.5, 0.6) is 0 Å². The lowest BCUT2D eigenvalue weighted by Gasteiger charge is -2.06. The largest absolute Gasteiger partial charge is 0.248 e. The highest BCUT2D eigenvalue weighted by Gasteiger charge is 2.08. The van der Waals surface area contributed by atoms with Crippen molar-refractivity contribution in [3.63, 3.8) is 0 Å². The van der Waals surface area contributed by atoms with Crippen molar-refractivity contribution < 1.29 is 0 Å². The molecule has 0 atom stereocenters. The fourth-order valence-electron chi connectivity index (χ4n) is 4.07. The standard InChI is InChI=1S/C34H20N2S2/c1-3-21-35-29(5-1)15-17-33-31(19-23-37-33)27-11-7-25(8-12-27)26-9-13-28(14-10-26)32-20-24-38-34(32)18-16-30-6-2-4-22-36-30/h1-14,19-24H. The topological polar surface area (TPSA) is 25.8 Å². The van der Waals surface area contributed by atoms with Crippen molar-refractivity contribution in [3.8, 4) is 57.1 Å². The zero-order valence-electron chi connectivity index (χ0n) is 20.3. The SMILES string of the molecule is C(#Cc1sccc1-c1ccc(-c2ccc(-c3ccsc3C#Cc3ccccn3)cc2)cc1)c1ccccn1. The van der Waals surface area contributed by atoms with Crippen LogP contribution in [0.3, 0.4) is 0 Å². The van der Waals surface area contributed by atoms with Crippen LogP contribution >= 0.6 is 22.7 Å². The number of hydrogen-bond donors (Lipinski definition) is 0. The number of benzene rings is 2. The van der Waals surface area contributed by atoms with Crippen LogP contribution in [-0.4, -0.2) is 9.97 Å². The monoisotopic (exact) mass is 520 g/mol. The first kappa shape index (κ1) is 23.6. The van der Waals surface area contributed by atoms with Crippen LogP contribution in [0.2, 0.25) is 0 Å². The van der Waals surface area contributed by atoms with Crippen LogP contribution < -0.4 is 0 Å². The third-order valence-electron chi connectivity index (χ3n) is 5.99. The van der Waals surface area contributed by atoms with E-state index in [-0.39, 0.29) is 0 Å². The van der Waals surface area contributed by atoms with Crippen molar-refractivity contribution in [1.82, 2.24) is 9.97 Å². The van der Waals surface area contributed by atoms with E-state index in [1.54, 1.807) is 35.1 Å². The second-order valence-electron chi connectivity index (χ2n) is 8.41. The highest BCUT2D eigenvalue weighted by Crippen LogP contribution is 2.32. The summed E-state index contributed by atoms with van der Waals surface area (Å²) in [7, 11) is 0. The quantitative estimate of drug-likeness (QED) is 0.219. The van der Waals surface area contributed by atoms with Crippen LogP contribution in [0.25, 0.3) is 33.4 Å².